The second kappa shape index (κ2) is 17.3. The van der Waals surface area contributed by atoms with Gasteiger partial charge in [-0.25, -0.2) is 4.79 Å². The molecule has 5 atom stereocenters. The molecule has 2 aliphatic heterocycles. The molecule has 3 amide bonds. The Kier molecular flexibility index (Phi) is 12.5. The van der Waals surface area contributed by atoms with E-state index in [4.69, 9.17) is 4.84 Å². The van der Waals surface area contributed by atoms with Gasteiger partial charge in [-0.1, -0.05) is 73.3 Å². The number of fused-ring (bicyclic) bond motifs is 1. The van der Waals surface area contributed by atoms with E-state index in [1.54, 1.807) is 12.1 Å². The summed E-state index contributed by atoms with van der Waals surface area (Å²) in [5, 5.41) is 29.6. The van der Waals surface area contributed by atoms with Gasteiger partial charge in [-0.3, -0.25) is 24.2 Å². The molecule has 3 aromatic carbocycles. The average molecular weight is 752 g/mol. The zero-order valence-electron chi connectivity index (χ0n) is 31.9. The van der Waals surface area contributed by atoms with Crippen molar-refractivity contribution in [3.8, 4) is 0 Å². The maximum Gasteiger partial charge on any atom is 0.363 e. The highest BCUT2D eigenvalue weighted by Gasteiger charge is 2.37. The van der Waals surface area contributed by atoms with Crippen molar-refractivity contribution in [3.05, 3.63) is 119 Å². The van der Waals surface area contributed by atoms with Crippen molar-refractivity contribution in [3.63, 3.8) is 0 Å². The highest BCUT2D eigenvalue weighted by atomic mass is 16.7. The first-order chi connectivity index (χ1) is 26.2. The summed E-state index contributed by atoms with van der Waals surface area (Å²) in [5.74, 6) is -1.89. The molecule has 55 heavy (non-hydrogen) atoms. The lowest BCUT2D eigenvalue weighted by Crippen LogP contribution is -2.61. The van der Waals surface area contributed by atoms with E-state index in [1.165, 1.54) is 0 Å². The van der Waals surface area contributed by atoms with E-state index in [9.17, 15) is 29.4 Å². The third-order valence-corrected chi connectivity index (χ3v) is 10.5. The number of benzene rings is 3. The minimum absolute atomic E-state index is 0.145. The maximum atomic E-state index is 13.9. The number of rotatable bonds is 13. The monoisotopic (exact) mass is 751 g/mol. The van der Waals surface area contributed by atoms with Crippen molar-refractivity contribution in [2.45, 2.75) is 89.3 Å². The van der Waals surface area contributed by atoms with Crippen LogP contribution >= 0.6 is 0 Å². The molecule has 0 unspecified atom stereocenters. The fraction of sp³-hybridized carbons (Fsp3) is 0.442. The van der Waals surface area contributed by atoms with E-state index < -0.39 is 41.7 Å². The van der Waals surface area contributed by atoms with Crippen LogP contribution in [0.5, 0.6) is 0 Å². The van der Waals surface area contributed by atoms with Crippen molar-refractivity contribution in [1.29, 1.82) is 0 Å². The van der Waals surface area contributed by atoms with E-state index in [1.807, 2.05) is 92.4 Å². The van der Waals surface area contributed by atoms with Gasteiger partial charge in [-0.2, -0.15) is 0 Å². The van der Waals surface area contributed by atoms with Gasteiger partial charge in [0.2, 0.25) is 11.8 Å². The van der Waals surface area contributed by atoms with Crippen molar-refractivity contribution < 1.29 is 34.2 Å². The van der Waals surface area contributed by atoms with Gasteiger partial charge in [0.25, 0.3) is 5.91 Å². The lowest BCUT2D eigenvalue weighted by atomic mass is 9.91. The molecule has 292 valence electrons. The average Bonchev–Trinajstić information content (AvgIpc) is 3.64. The van der Waals surface area contributed by atoms with Gasteiger partial charge in [0, 0.05) is 57.0 Å². The Morgan fingerprint density at radius 3 is 2.35 bits per heavy atom. The van der Waals surface area contributed by atoms with Crippen molar-refractivity contribution >= 4 is 23.7 Å². The SMILES string of the molecule is C=C1CCC(=O)N1OC(=O)c1ccc(CN2CCN(C[C@@H](O)C[C@@H](Cc3ccccc3)C(=O)N[C@H]3c4ccccc4C[C@H]3O)[C@H](C(=O)NC(C)(C)C)C2)cc1. The normalized spacial score (nSPS) is 21.5. The molecule has 1 aliphatic carbocycles. The third-order valence-electron chi connectivity index (χ3n) is 10.5. The summed E-state index contributed by atoms with van der Waals surface area (Å²) in [4.78, 5) is 61.9. The standard InChI is InChI=1S/C43H53N5O7/c1-28-14-19-38(51)48(28)55-42(54)31-17-15-30(16-18-31)25-46-20-21-47(36(27-46)41(53)45-43(2,3)4)26-34(49)23-33(22-29-10-6-5-7-11-29)40(52)44-39-35-13-9-8-12-32(35)24-37(39)50/h5-13,15-18,33-34,36-37,39,49-50H,1,14,19-27H2,2-4H3,(H,44,52)(H,45,53)/t33-,34+,36+,37-,39+/m1/s1. The molecule has 0 spiro atoms. The molecule has 0 radical (unpaired) electrons. The summed E-state index contributed by atoms with van der Waals surface area (Å²) in [5.41, 5.74) is 4.12. The number of allylic oxidation sites excluding steroid dienone is 1. The molecule has 0 aromatic heterocycles. The molecular weight excluding hydrogens is 699 g/mol. The predicted octanol–water partition coefficient (Wildman–Crippen LogP) is 3.68. The number of aliphatic hydroxyl groups excluding tert-OH is 2. The number of hydrogen-bond donors (Lipinski definition) is 4. The zero-order valence-corrected chi connectivity index (χ0v) is 31.9. The number of β-amino-alcohol motifs (C(OH)–C–C–N with tert-alkyl or cyclic N) is 1. The third kappa shape index (κ3) is 10.3. The molecular formula is C43H53N5O7. The highest BCUT2D eigenvalue weighted by Crippen LogP contribution is 2.32. The minimum Gasteiger partial charge on any atom is -0.392 e. The van der Waals surface area contributed by atoms with Gasteiger partial charge in [-0.05, 0) is 74.4 Å². The summed E-state index contributed by atoms with van der Waals surface area (Å²) in [6, 6.07) is 23.3. The van der Waals surface area contributed by atoms with Gasteiger partial charge in [0.15, 0.2) is 0 Å². The number of piperazine rings is 1. The molecule has 6 rings (SSSR count). The Balaban J connectivity index is 1.11. The van der Waals surface area contributed by atoms with Crippen LogP contribution in [0.4, 0.5) is 0 Å². The second-order valence-corrected chi connectivity index (χ2v) is 16.0. The van der Waals surface area contributed by atoms with Crippen molar-refractivity contribution in [2.75, 3.05) is 26.2 Å². The molecule has 2 saturated heterocycles. The molecule has 12 nitrogen and oxygen atoms in total. The summed E-state index contributed by atoms with van der Waals surface area (Å²) in [6.07, 6.45) is 0.142. The summed E-state index contributed by atoms with van der Waals surface area (Å²) in [6.45, 7) is 11.8. The summed E-state index contributed by atoms with van der Waals surface area (Å²) < 4.78 is 0. The lowest BCUT2D eigenvalue weighted by Gasteiger charge is -2.42. The molecule has 0 bridgehead atoms. The van der Waals surface area contributed by atoms with E-state index in [0.29, 0.717) is 56.7 Å². The van der Waals surface area contributed by atoms with Crippen LogP contribution in [0.25, 0.3) is 0 Å². The smallest absolute Gasteiger partial charge is 0.363 e. The predicted molar refractivity (Wildman–Crippen MR) is 207 cm³/mol. The number of amides is 3. The van der Waals surface area contributed by atoms with Crippen LogP contribution in [-0.4, -0.2) is 98.7 Å². The van der Waals surface area contributed by atoms with Crippen LogP contribution in [0, 0.1) is 5.92 Å². The number of nitrogens with zero attached hydrogens (tertiary/aromatic N) is 3. The molecule has 4 N–H and O–H groups in total. The number of nitrogens with one attached hydrogen (secondary N) is 2. The first-order valence-corrected chi connectivity index (χ1v) is 19.1. The Morgan fingerprint density at radius 2 is 1.65 bits per heavy atom. The Bertz CT molecular complexity index is 1840. The molecule has 12 heteroatoms. The second-order valence-electron chi connectivity index (χ2n) is 16.0. The summed E-state index contributed by atoms with van der Waals surface area (Å²) >= 11 is 0. The first-order valence-electron chi connectivity index (χ1n) is 19.1. The Labute approximate surface area is 323 Å². The molecule has 3 aromatic rings. The number of aliphatic hydroxyl groups is 2. The lowest BCUT2D eigenvalue weighted by molar-refractivity contribution is -0.153. The number of carbonyl (C=O) groups excluding carboxylic acids is 4. The van der Waals surface area contributed by atoms with Crippen LogP contribution in [0.2, 0.25) is 0 Å². The Morgan fingerprint density at radius 1 is 0.945 bits per heavy atom. The largest absolute Gasteiger partial charge is 0.392 e. The Hall–Kier alpha value is -4.88. The number of hydroxylamine groups is 2. The highest BCUT2D eigenvalue weighted by molar-refractivity contribution is 5.91. The van der Waals surface area contributed by atoms with Crippen molar-refractivity contribution in [1.82, 2.24) is 25.5 Å². The van der Waals surface area contributed by atoms with Gasteiger partial charge >= 0.3 is 5.97 Å². The van der Waals surface area contributed by atoms with Gasteiger partial charge < -0.3 is 25.7 Å². The first kappa shape index (κ1) is 39.8. The van der Waals surface area contributed by atoms with E-state index in [2.05, 4.69) is 22.1 Å². The molecule has 0 saturated carbocycles. The van der Waals surface area contributed by atoms with Crippen LogP contribution in [0.1, 0.15) is 78.7 Å². The quantitative estimate of drug-likeness (QED) is 0.205. The van der Waals surface area contributed by atoms with E-state index in [0.717, 1.165) is 27.3 Å². The minimum atomic E-state index is -0.906. The zero-order chi connectivity index (χ0) is 39.3. The number of hydrogen-bond acceptors (Lipinski definition) is 9. The molecule has 3 aliphatic rings. The molecule has 2 fully saturated rings. The van der Waals surface area contributed by atoms with Crippen LogP contribution in [-0.2, 0) is 38.6 Å². The maximum absolute atomic E-state index is 13.9. The van der Waals surface area contributed by atoms with E-state index >= 15 is 0 Å². The summed E-state index contributed by atoms with van der Waals surface area (Å²) in [7, 11) is 0. The van der Waals surface area contributed by atoms with Gasteiger partial charge in [0.1, 0.15) is 6.04 Å². The van der Waals surface area contributed by atoms with Crippen LogP contribution < -0.4 is 10.6 Å². The van der Waals surface area contributed by atoms with E-state index in [-0.39, 0.29) is 37.1 Å². The van der Waals surface area contributed by atoms with Crippen molar-refractivity contribution in [2.24, 2.45) is 5.92 Å². The van der Waals surface area contributed by atoms with Gasteiger partial charge in [0.05, 0.1) is 29.5 Å². The molecule has 2 heterocycles. The fourth-order valence-electron chi connectivity index (χ4n) is 7.70. The topological polar surface area (TPSA) is 152 Å². The fourth-order valence-corrected chi connectivity index (χ4v) is 7.70. The van der Waals surface area contributed by atoms with Gasteiger partial charge in [-0.15, -0.1) is 5.06 Å². The van der Waals surface area contributed by atoms with Crippen LogP contribution in [0.15, 0.2) is 91.1 Å². The van der Waals surface area contributed by atoms with Crippen LogP contribution in [0.3, 0.4) is 0 Å². The number of carbonyl (C=O) groups is 4.